The second kappa shape index (κ2) is 6.33. The zero-order chi connectivity index (χ0) is 14.5. The summed E-state index contributed by atoms with van der Waals surface area (Å²) in [6, 6.07) is 0.152. The van der Waals surface area contributed by atoms with Crippen molar-refractivity contribution >= 4 is 26.7 Å². The minimum atomic E-state index is -3.70. The molecule has 7 heteroatoms. The number of rotatable bonds is 5. The van der Waals surface area contributed by atoms with E-state index in [0.29, 0.717) is 0 Å². The third kappa shape index (κ3) is 5.08. The van der Waals surface area contributed by atoms with Crippen LogP contribution >= 0.6 is 0 Å². The molecule has 0 saturated carbocycles. The fourth-order valence-corrected chi connectivity index (χ4v) is 4.29. The Morgan fingerprint density at radius 2 is 1.26 bits per heavy atom. The van der Waals surface area contributed by atoms with Gasteiger partial charge in [0.1, 0.15) is 0 Å². The lowest BCUT2D eigenvalue weighted by Crippen LogP contribution is -2.50. The Hall–Kier alpha value is -1.89. The predicted octanol–water partition coefficient (Wildman–Crippen LogP) is 1.36. The molecule has 0 aliphatic heterocycles. The summed E-state index contributed by atoms with van der Waals surface area (Å²) in [4.78, 5) is 33.6. The van der Waals surface area contributed by atoms with Crippen LogP contribution in [0.4, 0.5) is 0 Å². The van der Waals surface area contributed by atoms with Crippen LogP contribution < -0.4 is 0 Å². The molecule has 0 aromatic heterocycles. The Kier molecular flexibility index (Phi) is 5.05. The molecule has 0 saturated heterocycles. The van der Waals surface area contributed by atoms with Crippen LogP contribution in [0.15, 0.2) is 24.3 Å². The van der Waals surface area contributed by atoms with E-state index in [0.717, 1.165) is 0 Å². The van der Waals surface area contributed by atoms with Gasteiger partial charge in [0.05, 0.1) is 6.04 Å². The van der Waals surface area contributed by atoms with Crippen molar-refractivity contribution in [3.63, 3.8) is 0 Å². The summed E-state index contributed by atoms with van der Waals surface area (Å²) in [6.45, 7) is 3.53. The molecule has 0 heterocycles. The zero-order valence-corrected chi connectivity index (χ0v) is 12.0. The largest absolute Gasteiger partial charge is 0.706 e. The molecule has 0 N–H and O–H groups in total. The molecule has 0 unspecified atom stereocenters. The lowest BCUT2D eigenvalue weighted by molar-refractivity contribution is -0.147. The van der Waals surface area contributed by atoms with E-state index in [4.69, 9.17) is 13.3 Å². The molecule has 0 radical (unpaired) electrons. The SMILES string of the molecule is CC(=O)O[Si](CC1C=CC=C1)(OC(C)=O)OC(C)=O. The summed E-state index contributed by atoms with van der Waals surface area (Å²) in [5.74, 6) is -2.05. The summed E-state index contributed by atoms with van der Waals surface area (Å²) in [5.41, 5.74) is 0. The number of hydrogen-bond donors (Lipinski definition) is 0. The molecule has 1 aliphatic carbocycles. The molecular weight excluding hydrogens is 268 g/mol. The Labute approximate surface area is 112 Å². The van der Waals surface area contributed by atoms with Crippen molar-refractivity contribution in [2.45, 2.75) is 26.8 Å². The first-order valence-corrected chi connectivity index (χ1v) is 7.70. The van der Waals surface area contributed by atoms with Gasteiger partial charge in [0.25, 0.3) is 17.9 Å². The first-order chi connectivity index (χ1) is 8.83. The van der Waals surface area contributed by atoms with E-state index in [2.05, 4.69) is 0 Å². The van der Waals surface area contributed by atoms with Crippen LogP contribution in [0, 0.1) is 5.92 Å². The zero-order valence-electron chi connectivity index (χ0n) is 11.0. The van der Waals surface area contributed by atoms with Crippen molar-refractivity contribution in [2.24, 2.45) is 5.92 Å². The number of allylic oxidation sites excluding steroid dienone is 4. The summed E-state index contributed by atoms with van der Waals surface area (Å²) < 4.78 is 15.2. The van der Waals surface area contributed by atoms with E-state index < -0.39 is 26.7 Å². The third-order valence-electron chi connectivity index (χ3n) is 2.21. The quantitative estimate of drug-likeness (QED) is 0.709. The molecule has 0 aromatic rings. The van der Waals surface area contributed by atoms with Gasteiger partial charge in [-0.3, -0.25) is 14.4 Å². The summed E-state index contributed by atoms with van der Waals surface area (Å²) in [6.07, 6.45) is 7.33. The van der Waals surface area contributed by atoms with Gasteiger partial charge < -0.3 is 13.3 Å². The highest BCUT2D eigenvalue weighted by atomic mass is 28.4. The highest BCUT2D eigenvalue weighted by Crippen LogP contribution is 2.26. The van der Waals surface area contributed by atoms with E-state index in [9.17, 15) is 14.4 Å². The fraction of sp³-hybridized carbons (Fsp3) is 0.417. The van der Waals surface area contributed by atoms with Gasteiger partial charge in [-0.1, -0.05) is 24.3 Å². The van der Waals surface area contributed by atoms with Crippen LogP contribution in [0.2, 0.25) is 6.04 Å². The van der Waals surface area contributed by atoms with Crippen molar-refractivity contribution in [1.29, 1.82) is 0 Å². The molecule has 1 rings (SSSR count). The Balaban J connectivity index is 2.96. The maximum atomic E-state index is 11.2. The van der Waals surface area contributed by atoms with E-state index in [1.54, 1.807) is 0 Å². The predicted molar refractivity (Wildman–Crippen MR) is 67.6 cm³/mol. The van der Waals surface area contributed by atoms with Crippen LogP contribution in [0.1, 0.15) is 20.8 Å². The van der Waals surface area contributed by atoms with Crippen LogP contribution in [0.25, 0.3) is 0 Å². The third-order valence-corrected chi connectivity index (χ3v) is 4.98. The molecule has 0 aromatic carbocycles. The van der Waals surface area contributed by atoms with E-state index in [1.165, 1.54) is 20.8 Å². The van der Waals surface area contributed by atoms with Crippen molar-refractivity contribution in [1.82, 2.24) is 0 Å². The Morgan fingerprint density at radius 3 is 1.58 bits per heavy atom. The second-order valence-electron chi connectivity index (χ2n) is 4.10. The van der Waals surface area contributed by atoms with Crippen molar-refractivity contribution in [3.05, 3.63) is 24.3 Å². The van der Waals surface area contributed by atoms with Crippen LogP contribution in [0.5, 0.6) is 0 Å². The average Bonchev–Trinajstić information content (AvgIpc) is 2.65. The van der Waals surface area contributed by atoms with Gasteiger partial charge in [-0.15, -0.1) is 0 Å². The molecule has 104 valence electrons. The monoisotopic (exact) mass is 284 g/mol. The second-order valence-corrected chi connectivity index (χ2v) is 6.49. The topological polar surface area (TPSA) is 78.9 Å². The highest BCUT2D eigenvalue weighted by molar-refractivity contribution is 6.65. The number of carbonyl (C=O) groups excluding carboxylic acids is 3. The molecule has 0 bridgehead atoms. The Morgan fingerprint density at radius 1 is 0.895 bits per heavy atom. The number of carbonyl (C=O) groups is 3. The summed E-state index contributed by atoms with van der Waals surface area (Å²) in [7, 11) is -3.70. The average molecular weight is 284 g/mol. The summed E-state index contributed by atoms with van der Waals surface area (Å²) >= 11 is 0. The number of hydrogen-bond acceptors (Lipinski definition) is 6. The highest BCUT2D eigenvalue weighted by Gasteiger charge is 2.52. The molecular formula is C12H16O6Si. The van der Waals surface area contributed by atoms with Crippen molar-refractivity contribution in [3.8, 4) is 0 Å². The van der Waals surface area contributed by atoms with Gasteiger partial charge in [-0.05, 0) is 0 Å². The van der Waals surface area contributed by atoms with Crippen LogP contribution in [0.3, 0.4) is 0 Å². The summed E-state index contributed by atoms with van der Waals surface area (Å²) in [5, 5.41) is 0. The first kappa shape index (κ1) is 15.2. The standard InChI is InChI=1S/C12H16O6Si/c1-9(13)16-19(17-10(2)14,18-11(3)15)8-12-6-4-5-7-12/h4-7,12H,8H2,1-3H3. The van der Waals surface area contributed by atoms with Crippen molar-refractivity contribution < 1.29 is 27.7 Å². The van der Waals surface area contributed by atoms with E-state index in [1.807, 2.05) is 24.3 Å². The van der Waals surface area contributed by atoms with E-state index in [-0.39, 0.29) is 12.0 Å². The smallest absolute Gasteiger partial charge is 0.455 e. The van der Waals surface area contributed by atoms with Gasteiger partial charge in [0, 0.05) is 26.7 Å². The molecule has 1 aliphatic rings. The van der Waals surface area contributed by atoms with Crippen LogP contribution in [-0.2, 0) is 27.7 Å². The molecule has 0 spiro atoms. The van der Waals surface area contributed by atoms with Gasteiger partial charge in [0.15, 0.2) is 0 Å². The maximum Gasteiger partial charge on any atom is 0.706 e. The fourth-order valence-electron chi connectivity index (χ4n) is 1.75. The first-order valence-electron chi connectivity index (χ1n) is 5.77. The minimum Gasteiger partial charge on any atom is -0.455 e. The Bertz CT molecular complexity index is 387. The van der Waals surface area contributed by atoms with Gasteiger partial charge in [0.2, 0.25) is 0 Å². The van der Waals surface area contributed by atoms with Gasteiger partial charge in [-0.2, -0.15) is 0 Å². The van der Waals surface area contributed by atoms with Crippen molar-refractivity contribution in [2.75, 3.05) is 0 Å². The molecule has 6 nitrogen and oxygen atoms in total. The maximum absolute atomic E-state index is 11.2. The lowest BCUT2D eigenvalue weighted by Gasteiger charge is -2.27. The molecule has 19 heavy (non-hydrogen) atoms. The normalized spacial score (nSPS) is 14.3. The molecule has 0 amide bonds. The van der Waals surface area contributed by atoms with E-state index >= 15 is 0 Å². The molecule has 0 atom stereocenters. The molecule has 0 fully saturated rings. The van der Waals surface area contributed by atoms with Gasteiger partial charge in [-0.25, -0.2) is 0 Å². The van der Waals surface area contributed by atoms with Gasteiger partial charge >= 0.3 is 8.80 Å². The van der Waals surface area contributed by atoms with Crippen LogP contribution in [-0.4, -0.2) is 26.7 Å². The lowest BCUT2D eigenvalue weighted by atomic mass is 10.2. The minimum absolute atomic E-state index is 0.0929.